The fraction of sp³-hybridized carbons (Fsp3) is 0.300. The van der Waals surface area contributed by atoms with Crippen LogP contribution in [0.3, 0.4) is 0 Å². The molecule has 2 aromatic carbocycles. The first-order valence-electron chi connectivity index (χ1n) is 8.85. The lowest BCUT2D eigenvalue weighted by Crippen LogP contribution is -2.26. The lowest BCUT2D eigenvalue weighted by atomic mass is 10.1. The second-order valence-corrected chi connectivity index (χ2v) is 8.33. The van der Waals surface area contributed by atoms with Gasteiger partial charge in [0.05, 0.1) is 4.90 Å². The van der Waals surface area contributed by atoms with Gasteiger partial charge >= 0.3 is 0 Å². The van der Waals surface area contributed by atoms with E-state index in [-0.39, 0.29) is 29.8 Å². The Morgan fingerprint density at radius 3 is 2.43 bits per heavy atom. The van der Waals surface area contributed by atoms with Gasteiger partial charge in [0.2, 0.25) is 10.0 Å². The van der Waals surface area contributed by atoms with Crippen LogP contribution in [0, 0.1) is 6.92 Å². The molecule has 8 heteroatoms. The summed E-state index contributed by atoms with van der Waals surface area (Å²) < 4.78 is 26.8. The Bertz CT molecular complexity index is 985. The highest BCUT2D eigenvalue weighted by atomic mass is 32.2. The first kappa shape index (κ1) is 21.6. The van der Waals surface area contributed by atoms with E-state index < -0.39 is 10.0 Å². The Balaban J connectivity index is 2.18. The highest BCUT2D eigenvalue weighted by Crippen LogP contribution is 2.16. The summed E-state index contributed by atoms with van der Waals surface area (Å²) in [5.41, 5.74) is 2.27. The first-order valence-corrected chi connectivity index (χ1v) is 10.3. The van der Waals surface area contributed by atoms with Crippen molar-refractivity contribution in [3.05, 3.63) is 64.7 Å². The molecule has 0 aliphatic rings. The predicted octanol–water partition coefficient (Wildman–Crippen LogP) is 1.93. The number of amides is 2. The van der Waals surface area contributed by atoms with E-state index in [0.717, 1.165) is 5.56 Å². The van der Waals surface area contributed by atoms with Gasteiger partial charge in [-0.2, -0.15) is 0 Å². The Kier molecular flexibility index (Phi) is 6.93. The quantitative estimate of drug-likeness (QED) is 0.738. The van der Waals surface area contributed by atoms with Crippen molar-refractivity contribution in [2.24, 2.45) is 0 Å². The zero-order chi connectivity index (χ0) is 20.9. The third kappa shape index (κ3) is 5.17. The molecule has 0 saturated carbocycles. The number of carbonyl (C=O) groups is 2. The first-order chi connectivity index (χ1) is 13.2. The van der Waals surface area contributed by atoms with Crippen molar-refractivity contribution in [3.63, 3.8) is 0 Å². The van der Waals surface area contributed by atoms with E-state index in [1.54, 1.807) is 52.2 Å². The normalized spacial score (nSPS) is 11.1. The number of nitrogens with zero attached hydrogens (tertiary/aromatic N) is 1. The molecule has 28 heavy (non-hydrogen) atoms. The van der Waals surface area contributed by atoms with Gasteiger partial charge in [-0.25, -0.2) is 13.1 Å². The van der Waals surface area contributed by atoms with Crippen molar-refractivity contribution in [1.29, 1.82) is 0 Å². The van der Waals surface area contributed by atoms with Gasteiger partial charge in [0.1, 0.15) is 0 Å². The zero-order valence-corrected chi connectivity index (χ0v) is 17.3. The zero-order valence-electron chi connectivity index (χ0n) is 16.4. The van der Waals surface area contributed by atoms with Gasteiger partial charge in [0, 0.05) is 38.3 Å². The molecule has 0 aliphatic carbocycles. The smallest absolute Gasteiger partial charge is 0.253 e. The van der Waals surface area contributed by atoms with Crippen molar-refractivity contribution < 1.29 is 18.0 Å². The molecule has 0 spiro atoms. The Morgan fingerprint density at radius 1 is 1.07 bits per heavy atom. The van der Waals surface area contributed by atoms with E-state index in [2.05, 4.69) is 10.0 Å². The van der Waals surface area contributed by atoms with Gasteiger partial charge in [0.25, 0.3) is 11.8 Å². The molecule has 0 aromatic heterocycles. The highest BCUT2D eigenvalue weighted by molar-refractivity contribution is 7.89. The number of benzene rings is 2. The Morgan fingerprint density at radius 2 is 1.79 bits per heavy atom. The number of aryl methyl sites for hydroxylation is 1. The summed E-state index contributed by atoms with van der Waals surface area (Å²) in [5.74, 6) is -0.499. The summed E-state index contributed by atoms with van der Waals surface area (Å²) in [7, 11) is -0.296. The fourth-order valence-corrected chi connectivity index (χ4v) is 3.70. The third-order valence-corrected chi connectivity index (χ3v) is 5.67. The van der Waals surface area contributed by atoms with E-state index in [4.69, 9.17) is 0 Å². The summed E-state index contributed by atoms with van der Waals surface area (Å²) in [4.78, 5) is 26.2. The predicted molar refractivity (Wildman–Crippen MR) is 108 cm³/mol. The number of rotatable bonds is 7. The van der Waals surface area contributed by atoms with Crippen molar-refractivity contribution in [2.75, 3.05) is 20.6 Å². The van der Waals surface area contributed by atoms with Crippen LogP contribution in [0.1, 0.15) is 38.8 Å². The fourth-order valence-electron chi connectivity index (χ4n) is 2.64. The molecule has 0 aliphatic heterocycles. The van der Waals surface area contributed by atoms with E-state index >= 15 is 0 Å². The van der Waals surface area contributed by atoms with Crippen LogP contribution in [0.4, 0.5) is 0 Å². The second-order valence-electron chi connectivity index (χ2n) is 6.56. The number of nitrogens with one attached hydrogen (secondary N) is 2. The van der Waals surface area contributed by atoms with Gasteiger partial charge in [-0.05, 0) is 42.3 Å². The minimum Gasteiger partial charge on any atom is -0.348 e. The van der Waals surface area contributed by atoms with Gasteiger partial charge in [-0.15, -0.1) is 0 Å². The minimum atomic E-state index is -3.65. The summed E-state index contributed by atoms with van der Waals surface area (Å²) in [5, 5.41) is 2.78. The van der Waals surface area contributed by atoms with Crippen LogP contribution >= 0.6 is 0 Å². The van der Waals surface area contributed by atoms with Gasteiger partial charge < -0.3 is 10.2 Å². The molecule has 2 aromatic rings. The summed E-state index contributed by atoms with van der Waals surface area (Å²) >= 11 is 0. The van der Waals surface area contributed by atoms with Gasteiger partial charge in [0.15, 0.2) is 0 Å². The molecule has 2 N–H and O–H groups in total. The van der Waals surface area contributed by atoms with E-state index in [9.17, 15) is 18.0 Å². The van der Waals surface area contributed by atoms with Crippen LogP contribution in [0.2, 0.25) is 0 Å². The van der Waals surface area contributed by atoms with Crippen LogP contribution in [0.25, 0.3) is 0 Å². The van der Waals surface area contributed by atoms with Crippen LogP contribution < -0.4 is 10.0 Å². The summed E-state index contributed by atoms with van der Waals surface area (Å²) in [6, 6.07) is 11.5. The molecule has 0 radical (unpaired) electrons. The molecular weight excluding hydrogens is 378 g/mol. The number of sulfonamides is 1. The van der Waals surface area contributed by atoms with Crippen LogP contribution in [0.5, 0.6) is 0 Å². The Labute approximate surface area is 165 Å². The number of carbonyl (C=O) groups excluding carboxylic acids is 2. The second kappa shape index (κ2) is 8.99. The molecule has 2 amide bonds. The molecule has 2 rings (SSSR count). The maximum absolute atomic E-state index is 12.6. The maximum atomic E-state index is 12.6. The molecule has 0 atom stereocenters. The third-order valence-electron chi connectivity index (χ3n) is 4.13. The molecule has 0 unspecified atom stereocenters. The minimum absolute atomic E-state index is 0.0451. The molecule has 0 bridgehead atoms. The lowest BCUT2D eigenvalue weighted by molar-refractivity contribution is 0.0827. The molecule has 7 nitrogen and oxygen atoms in total. The van der Waals surface area contributed by atoms with Crippen molar-refractivity contribution >= 4 is 21.8 Å². The topological polar surface area (TPSA) is 95.6 Å². The van der Waals surface area contributed by atoms with Crippen LogP contribution in [0.15, 0.2) is 47.4 Å². The average molecular weight is 404 g/mol. The summed E-state index contributed by atoms with van der Waals surface area (Å²) in [6.07, 6.45) is 0. The van der Waals surface area contributed by atoms with Crippen LogP contribution in [-0.4, -0.2) is 45.8 Å². The van der Waals surface area contributed by atoms with Crippen molar-refractivity contribution in [2.45, 2.75) is 25.3 Å². The van der Waals surface area contributed by atoms with Gasteiger partial charge in [-0.3, -0.25) is 9.59 Å². The van der Waals surface area contributed by atoms with E-state index in [1.165, 1.54) is 17.0 Å². The maximum Gasteiger partial charge on any atom is 0.253 e. The van der Waals surface area contributed by atoms with E-state index in [1.807, 2.05) is 6.07 Å². The SMILES string of the molecule is CCNS(=O)(=O)c1ccc(C)c(C(=O)NCc2cccc(C(=O)N(C)C)c2)c1. The molecule has 0 heterocycles. The van der Waals surface area contributed by atoms with E-state index in [0.29, 0.717) is 16.7 Å². The Hall–Kier alpha value is -2.71. The molecule has 0 saturated heterocycles. The number of hydrogen-bond donors (Lipinski definition) is 2. The number of hydrogen-bond acceptors (Lipinski definition) is 4. The van der Waals surface area contributed by atoms with Gasteiger partial charge in [-0.1, -0.05) is 25.1 Å². The monoisotopic (exact) mass is 403 g/mol. The molecular formula is C20H25N3O4S. The van der Waals surface area contributed by atoms with Crippen LogP contribution in [-0.2, 0) is 16.6 Å². The average Bonchev–Trinajstić information content (AvgIpc) is 2.65. The standard InChI is InChI=1S/C20H25N3O4S/c1-5-22-28(26,27)17-10-9-14(2)18(12-17)19(24)21-13-15-7-6-8-16(11-15)20(25)23(3)4/h6-12,22H,5,13H2,1-4H3,(H,21,24). The van der Waals surface area contributed by atoms with Crippen molar-refractivity contribution in [1.82, 2.24) is 14.9 Å². The molecule has 0 fully saturated rings. The van der Waals surface area contributed by atoms with Crippen molar-refractivity contribution in [3.8, 4) is 0 Å². The molecule has 150 valence electrons. The lowest BCUT2D eigenvalue weighted by Gasteiger charge is -2.13. The summed E-state index contributed by atoms with van der Waals surface area (Å²) in [6.45, 7) is 3.92. The highest BCUT2D eigenvalue weighted by Gasteiger charge is 2.17. The largest absolute Gasteiger partial charge is 0.348 e.